The number of hydrogen-bond donors (Lipinski definition) is 2. The minimum absolute atomic E-state index is 0.0221. The summed E-state index contributed by atoms with van der Waals surface area (Å²) in [4.78, 5) is 18.2. The first kappa shape index (κ1) is 22.6. The van der Waals surface area contributed by atoms with Crippen molar-refractivity contribution >= 4 is 10.9 Å². The van der Waals surface area contributed by atoms with Crippen LogP contribution >= 0.6 is 0 Å². The van der Waals surface area contributed by atoms with Crippen LogP contribution in [0.4, 0.5) is 0 Å². The normalized spacial score (nSPS) is 16.1. The van der Waals surface area contributed by atoms with Gasteiger partial charge in [-0.1, -0.05) is 44.4 Å². The number of tetrazole rings is 1. The maximum absolute atomic E-state index is 12.9. The summed E-state index contributed by atoms with van der Waals surface area (Å²) in [6, 6.07) is 8.35. The third-order valence-corrected chi connectivity index (χ3v) is 6.71. The van der Waals surface area contributed by atoms with E-state index < -0.39 is 0 Å². The molecule has 3 aromatic rings. The second kappa shape index (κ2) is 10.4. The molecule has 1 saturated carbocycles. The molecule has 2 aromatic heterocycles. The van der Waals surface area contributed by atoms with Gasteiger partial charge >= 0.3 is 0 Å². The highest BCUT2D eigenvalue weighted by Gasteiger charge is 2.28. The molecule has 0 unspecified atom stereocenters. The lowest BCUT2D eigenvalue weighted by molar-refractivity contribution is 0.147. The molecule has 0 radical (unpaired) electrons. The molecule has 1 atom stereocenters. The van der Waals surface area contributed by atoms with Crippen LogP contribution in [0.3, 0.4) is 0 Å². The van der Waals surface area contributed by atoms with Gasteiger partial charge in [0.15, 0.2) is 5.82 Å². The van der Waals surface area contributed by atoms with E-state index in [4.69, 9.17) is 0 Å². The average Bonchev–Trinajstić information content (AvgIpc) is 3.29. The predicted octanol–water partition coefficient (Wildman–Crippen LogP) is 3.66. The number of aliphatic hydroxyl groups is 1. The van der Waals surface area contributed by atoms with Crippen molar-refractivity contribution in [3.05, 3.63) is 51.6 Å². The maximum Gasteiger partial charge on any atom is 0.252 e. The van der Waals surface area contributed by atoms with E-state index in [1.807, 2.05) is 35.9 Å². The first-order valence-corrected chi connectivity index (χ1v) is 11.9. The van der Waals surface area contributed by atoms with Crippen molar-refractivity contribution in [2.24, 2.45) is 0 Å². The Morgan fingerprint density at radius 1 is 1.28 bits per heavy atom. The fraction of sp³-hybridized carbons (Fsp3) is 0.583. The van der Waals surface area contributed by atoms with Crippen molar-refractivity contribution in [2.45, 2.75) is 77.4 Å². The van der Waals surface area contributed by atoms with E-state index >= 15 is 0 Å². The SMILES string of the molecule is CC[C@H](c1nnnn1C1CCCCC1)N(CCCO)Cc1cc2cccc(C)c2[nH]c1=O. The van der Waals surface area contributed by atoms with Crippen molar-refractivity contribution in [3.8, 4) is 0 Å². The number of nitrogens with zero attached hydrogens (tertiary/aromatic N) is 5. The Kier molecular flexibility index (Phi) is 7.32. The highest BCUT2D eigenvalue weighted by Crippen LogP contribution is 2.32. The number of aryl methyl sites for hydroxylation is 1. The van der Waals surface area contributed by atoms with Crippen LogP contribution in [0.5, 0.6) is 0 Å². The monoisotopic (exact) mass is 438 g/mol. The number of aliphatic hydroxyl groups excluding tert-OH is 1. The summed E-state index contributed by atoms with van der Waals surface area (Å²) in [5.41, 5.74) is 2.59. The van der Waals surface area contributed by atoms with Crippen molar-refractivity contribution in [1.29, 1.82) is 0 Å². The van der Waals surface area contributed by atoms with Gasteiger partial charge in [-0.3, -0.25) is 9.69 Å². The van der Waals surface area contributed by atoms with Gasteiger partial charge in [-0.15, -0.1) is 5.10 Å². The summed E-state index contributed by atoms with van der Waals surface area (Å²) in [5, 5.41) is 23.4. The van der Waals surface area contributed by atoms with Gasteiger partial charge in [-0.05, 0) is 60.0 Å². The number of aromatic amines is 1. The van der Waals surface area contributed by atoms with Crippen LogP contribution in [0.25, 0.3) is 10.9 Å². The average molecular weight is 439 g/mol. The molecule has 0 saturated heterocycles. The van der Waals surface area contributed by atoms with Crippen molar-refractivity contribution < 1.29 is 5.11 Å². The van der Waals surface area contributed by atoms with Gasteiger partial charge in [0, 0.05) is 25.3 Å². The predicted molar refractivity (Wildman–Crippen MR) is 124 cm³/mol. The van der Waals surface area contributed by atoms with E-state index in [0.29, 0.717) is 25.6 Å². The quantitative estimate of drug-likeness (QED) is 0.529. The van der Waals surface area contributed by atoms with E-state index in [1.165, 1.54) is 19.3 Å². The Hall–Kier alpha value is -2.58. The summed E-state index contributed by atoms with van der Waals surface area (Å²) in [6.07, 6.45) is 7.36. The van der Waals surface area contributed by atoms with E-state index in [0.717, 1.165) is 47.1 Å². The summed E-state index contributed by atoms with van der Waals surface area (Å²) >= 11 is 0. The standard InChI is InChI=1S/C24H34N6O2/c1-3-21(23-26-27-28-30(23)20-11-5-4-6-12-20)29(13-8-14-31)16-19-15-18-10-7-9-17(2)22(18)25-24(19)32/h7,9-10,15,20-21,31H,3-6,8,11-14,16H2,1-2H3,(H,25,32)/t21-/m1/s1. The van der Waals surface area contributed by atoms with E-state index in [9.17, 15) is 9.90 Å². The second-order valence-electron chi connectivity index (χ2n) is 8.91. The number of aromatic nitrogens is 5. The van der Waals surface area contributed by atoms with Crippen LogP contribution in [0.2, 0.25) is 0 Å². The minimum Gasteiger partial charge on any atom is -0.396 e. The van der Waals surface area contributed by atoms with E-state index in [-0.39, 0.29) is 18.2 Å². The number of rotatable bonds is 9. The van der Waals surface area contributed by atoms with Crippen molar-refractivity contribution in [2.75, 3.05) is 13.2 Å². The molecule has 8 nitrogen and oxygen atoms in total. The molecule has 1 fully saturated rings. The summed E-state index contributed by atoms with van der Waals surface area (Å²) in [6.45, 7) is 5.38. The molecule has 8 heteroatoms. The van der Waals surface area contributed by atoms with Crippen LogP contribution in [-0.2, 0) is 6.54 Å². The molecule has 0 amide bonds. The van der Waals surface area contributed by atoms with Crippen LogP contribution in [0.1, 0.15) is 80.9 Å². The first-order chi connectivity index (χ1) is 15.6. The fourth-order valence-electron chi connectivity index (χ4n) is 4.99. The number of fused-ring (bicyclic) bond motifs is 1. The highest BCUT2D eigenvalue weighted by molar-refractivity contribution is 5.81. The number of hydrogen-bond acceptors (Lipinski definition) is 6. The lowest BCUT2D eigenvalue weighted by Crippen LogP contribution is -2.34. The lowest BCUT2D eigenvalue weighted by atomic mass is 9.95. The van der Waals surface area contributed by atoms with Gasteiger partial charge in [-0.25, -0.2) is 4.68 Å². The second-order valence-corrected chi connectivity index (χ2v) is 8.91. The minimum atomic E-state index is -0.0671. The van der Waals surface area contributed by atoms with Gasteiger partial charge in [0.25, 0.3) is 5.56 Å². The Bertz CT molecular complexity index is 1090. The van der Waals surface area contributed by atoms with E-state index in [1.54, 1.807) is 0 Å². The summed E-state index contributed by atoms with van der Waals surface area (Å²) < 4.78 is 2.02. The van der Waals surface area contributed by atoms with Gasteiger partial charge in [0.05, 0.1) is 17.6 Å². The van der Waals surface area contributed by atoms with Crippen LogP contribution in [0, 0.1) is 6.92 Å². The highest BCUT2D eigenvalue weighted by atomic mass is 16.3. The molecule has 32 heavy (non-hydrogen) atoms. The first-order valence-electron chi connectivity index (χ1n) is 11.9. The maximum atomic E-state index is 12.9. The third kappa shape index (κ3) is 4.76. The molecule has 0 spiro atoms. The zero-order valence-electron chi connectivity index (χ0n) is 19.1. The Labute approximate surface area is 188 Å². The van der Waals surface area contributed by atoms with Crippen LogP contribution in [-0.4, -0.2) is 48.3 Å². The molecule has 1 aromatic carbocycles. The number of H-pyrrole nitrogens is 1. The summed E-state index contributed by atoms with van der Waals surface area (Å²) in [5.74, 6) is 0.866. The third-order valence-electron chi connectivity index (χ3n) is 6.71. The number of nitrogens with one attached hydrogen (secondary N) is 1. The zero-order valence-corrected chi connectivity index (χ0v) is 19.1. The Balaban J connectivity index is 1.66. The van der Waals surface area contributed by atoms with Gasteiger partial charge in [-0.2, -0.15) is 0 Å². The van der Waals surface area contributed by atoms with Crippen LogP contribution < -0.4 is 5.56 Å². The molecule has 172 valence electrons. The molecule has 2 N–H and O–H groups in total. The Morgan fingerprint density at radius 3 is 2.84 bits per heavy atom. The van der Waals surface area contributed by atoms with Gasteiger partial charge in [0.2, 0.25) is 0 Å². The molecule has 1 aliphatic carbocycles. The fourth-order valence-corrected chi connectivity index (χ4v) is 4.99. The number of pyridine rings is 1. The zero-order chi connectivity index (χ0) is 22.5. The van der Waals surface area contributed by atoms with Crippen molar-refractivity contribution in [1.82, 2.24) is 30.1 Å². The Morgan fingerprint density at radius 2 is 2.09 bits per heavy atom. The molecule has 2 heterocycles. The molecule has 0 bridgehead atoms. The van der Waals surface area contributed by atoms with Gasteiger partial charge in [0.1, 0.15) is 0 Å². The lowest BCUT2D eigenvalue weighted by Gasteiger charge is -2.32. The molecule has 1 aliphatic rings. The molecule has 0 aliphatic heterocycles. The largest absolute Gasteiger partial charge is 0.396 e. The number of benzene rings is 1. The smallest absolute Gasteiger partial charge is 0.252 e. The number of para-hydroxylation sites is 1. The molecular weight excluding hydrogens is 404 g/mol. The van der Waals surface area contributed by atoms with E-state index in [2.05, 4.69) is 32.3 Å². The van der Waals surface area contributed by atoms with Crippen molar-refractivity contribution in [3.63, 3.8) is 0 Å². The molecule has 4 rings (SSSR count). The summed E-state index contributed by atoms with van der Waals surface area (Å²) in [7, 11) is 0. The van der Waals surface area contributed by atoms with Gasteiger partial charge < -0.3 is 10.1 Å². The topological polar surface area (TPSA) is 99.9 Å². The van der Waals surface area contributed by atoms with Crippen LogP contribution in [0.15, 0.2) is 29.1 Å². The molecular formula is C24H34N6O2.